The molecule has 0 aliphatic rings. The predicted octanol–water partition coefficient (Wildman–Crippen LogP) is 4.87. The molecular formula is C24H26Cl3N3O3. The molecule has 0 fully saturated rings. The van der Waals surface area contributed by atoms with Gasteiger partial charge in [-0.15, -0.1) is 12.4 Å². The topological polar surface area (TPSA) is 84.2 Å². The Balaban J connectivity index is 0.00000385. The number of nitrogens with zero attached hydrogens (tertiary/aromatic N) is 2. The summed E-state index contributed by atoms with van der Waals surface area (Å²) in [7, 11) is 0. The first-order valence-electron chi connectivity index (χ1n) is 10.3. The quantitative estimate of drug-likeness (QED) is 0.423. The predicted molar refractivity (Wildman–Crippen MR) is 136 cm³/mol. The molecule has 0 amide bonds. The van der Waals surface area contributed by atoms with Gasteiger partial charge >= 0.3 is 0 Å². The second kappa shape index (κ2) is 11.8. The summed E-state index contributed by atoms with van der Waals surface area (Å²) < 4.78 is 1.16. The monoisotopic (exact) mass is 509 g/mol. The lowest BCUT2D eigenvalue weighted by atomic mass is 9.94. The Hall–Kier alpha value is -2.22. The first-order chi connectivity index (χ1) is 15.2. The van der Waals surface area contributed by atoms with Crippen LogP contribution in [0, 0.1) is 0 Å². The van der Waals surface area contributed by atoms with Crippen molar-refractivity contribution in [2.45, 2.75) is 39.5 Å². The largest absolute Gasteiger partial charge is 0.390 e. The first-order valence-corrected chi connectivity index (χ1v) is 11.0. The average Bonchev–Trinajstić information content (AvgIpc) is 2.74. The maximum atomic E-state index is 13.3. The van der Waals surface area contributed by atoms with Crippen molar-refractivity contribution in [1.29, 1.82) is 0 Å². The van der Waals surface area contributed by atoms with Gasteiger partial charge in [-0.3, -0.25) is 9.59 Å². The van der Waals surface area contributed by atoms with E-state index in [-0.39, 0.29) is 42.9 Å². The van der Waals surface area contributed by atoms with E-state index in [0.29, 0.717) is 32.4 Å². The van der Waals surface area contributed by atoms with Gasteiger partial charge in [0.05, 0.1) is 23.9 Å². The van der Waals surface area contributed by atoms with Crippen LogP contribution in [-0.4, -0.2) is 39.4 Å². The van der Waals surface area contributed by atoms with Crippen molar-refractivity contribution in [3.05, 3.63) is 74.5 Å². The Morgan fingerprint density at radius 1 is 1.03 bits per heavy atom. The van der Waals surface area contributed by atoms with Crippen LogP contribution in [-0.2, 0) is 6.54 Å². The number of ketones is 1. The molecule has 3 rings (SSSR count). The van der Waals surface area contributed by atoms with Crippen molar-refractivity contribution in [2.75, 3.05) is 6.54 Å². The summed E-state index contributed by atoms with van der Waals surface area (Å²) in [5.74, 6) is -0.388. The number of halogens is 3. The molecule has 1 unspecified atom stereocenters. The lowest BCUT2D eigenvalue weighted by Crippen LogP contribution is -2.39. The molecule has 0 aliphatic heterocycles. The van der Waals surface area contributed by atoms with Crippen LogP contribution in [0.1, 0.15) is 31.1 Å². The van der Waals surface area contributed by atoms with Crippen molar-refractivity contribution in [2.24, 2.45) is 0 Å². The molecule has 1 aromatic heterocycles. The molecule has 1 heterocycles. The zero-order valence-electron chi connectivity index (χ0n) is 18.5. The lowest BCUT2D eigenvalue weighted by Gasteiger charge is -2.19. The molecule has 0 aliphatic carbocycles. The first kappa shape index (κ1) is 27.0. The van der Waals surface area contributed by atoms with Crippen molar-refractivity contribution in [1.82, 2.24) is 15.1 Å². The summed E-state index contributed by atoms with van der Waals surface area (Å²) >= 11 is 12.1. The Kier molecular flexibility index (Phi) is 9.64. The molecule has 1 atom stereocenters. The van der Waals surface area contributed by atoms with Gasteiger partial charge in [-0.25, -0.2) is 4.68 Å². The van der Waals surface area contributed by atoms with E-state index in [9.17, 15) is 14.7 Å². The smallest absolute Gasteiger partial charge is 0.278 e. The number of aromatic nitrogens is 2. The molecule has 0 saturated carbocycles. The molecule has 0 spiro atoms. The Labute approximate surface area is 209 Å². The molecule has 3 aromatic rings. The van der Waals surface area contributed by atoms with Gasteiger partial charge in [-0.1, -0.05) is 61.3 Å². The van der Waals surface area contributed by atoms with E-state index in [0.717, 1.165) is 4.68 Å². The van der Waals surface area contributed by atoms with E-state index in [1.54, 1.807) is 48.5 Å². The third-order valence-electron chi connectivity index (χ3n) is 4.90. The molecule has 0 radical (unpaired) electrons. The van der Waals surface area contributed by atoms with Gasteiger partial charge in [0.1, 0.15) is 0 Å². The SMILES string of the molecule is CC(=O)c1c(-c2ccc(Cl)cc2)c(-c2ccc(Cl)cc2)nn(CC(O)CNC(C)C)c1=O.Cl. The minimum atomic E-state index is -0.859. The Bertz CT molecular complexity index is 1160. The van der Waals surface area contributed by atoms with Crippen molar-refractivity contribution >= 4 is 41.4 Å². The van der Waals surface area contributed by atoms with E-state index < -0.39 is 11.7 Å². The number of rotatable bonds is 8. The number of Topliss-reactive ketones (excluding diaryl/α,β-unsaturated/α-hetero) is 1. The number of benzene rings is 2. The molecule has 2 N–H and O–H groups in total. The highest BCUT2D eigenvalue weighted by Crippen LogP contribution is 2.33. The molecule has 0 saturated heterocycles. The number of hydrogen-bond acceptors (Lipinski definition) is 5. The van der Waals surface area contributed by atoms with Crippen LogP contribution in [0.4, 0.5) is 0 Å². The van der Waals surface area contributed by atoms with Gasteiger partial charge in [0.25, 0.3) is 5.56 Å². The second-order valence-corrected chi connectivity index (χ2v) is 8.75. The fourth-order valence-electron chi connectivity index (χ4n) is 3.36. The van der Waals surface area contributed by atoms with E-state index in [1.165, 1.54) is 6.92 Å². The lowest BCUT2D eigenvalue weighted by molar-refractivity contribution is 0.101. The standard InChI is InChI=1S/C24H25Cl2N3O3.ClH/c1-14(2)27-12-20(31)13-29-24(32)21(15(3)30)22(16-4-8-18(25)9-5-16)23(28-29)17-6-10-19(26)11-7-17;/h4-11,14,20,27,31H,12-13H2,1-3H3;1H. The highest BCUT2D eigenvalue weighted by Gasteiger charge is 2.24. The summed E-state index contributed by atoms with van der Waals surface area (Å²) in [5, 5.41) is 19.2. The molecule has 176 valence electrons. The fraction of sp³-hybridized carbons (Fsp3) is 0.292. The number of hydrogen-bond donors (Lipinski definition) is 2. The number of aliphatic hydroxyl groups is 1. The molecule has 6 nitrogen and oxygen atoms in total. The zero-order chi connectivity index (χ0) is 23.4. The minimum Gasteiger partial charge on any atom is -0.390 e. The maximum Gasteiger partial charge on any atom is 0.278 e. The minimum absolute atomic E-state index is 0. The van der Waals surface area contributed by atoms with Gasteiger partial charge in [-0.2, -0.15) is 5.10 Å². The van der Waals surface area contributed by atoms with Crippen LogP contribution >= 0.6 is 35.6 Å². The zero-order valence-corrected chi connectivity index (χ0v) is 20.8. The highest BCUT2D eigenvalue weighted by atomic mass is 35.5. The normalized spacial score (nSPS) is 11.8. The van der Waals surface area contributed by atoms with Crippen molar-refractivity contribution in [3.63, 3.8) is 0 Å². The molecule has 9 heteroatoms. The van der Waals surface area contributed by atoms with Crippen LogP contribution in [0.3, 0.4) is 0 Å². The van der Waals surface area contributed by atoms with Crippen LogP contribution in [0.5, 0.6) is 0 Å². The summed E-state index contributed by atoms with van der Waals surface area (Å²) in [6, 6.07) is 14.0. The van der Waals surface area contributed by atoms with Crippen molar-refractivity contribution in [3.8, 4) is 22.4 Å². The third-order valence-corrected chi connectivity index (χ3v) is 5.41. The summed E-state index contributed by atoms with van der Waals surface area (Å²) in [4.78, 5) is 25.9. The Morgan fingerprint density at radius 3 is 2.03 bits per heavy atom. The second-order valence-electron chi connectivity index (χ2n) is 7.87. The summed E-state index contributed by atoms with van der Waals surface area (Å²) in [6.45, 7) is 5.51. The van der Waals surface area contributed by atoms with Gasteiger partial charge in [0.15, 0.2) is 5.78 Å². The number of carbonyl (C=O) groups excluding carboxylic acids is 1. The number of nitrogens with one attached hydrogen (secondary N) is 1. The van der Waals surface area contributed by atoms with E-state index in [2.05, 4.69) is 10.4 Å². The Morgan fingerprint density at radius 2 is 1.55 bits per heavy atom. The molecular weight excluding hydrogens is 485 g/mol. The highest BCUT2D eigenvalue weighted by molar-refractivity contribution is 6.31. The van der Waals surface area contributed by atoms with Gasteiger partial charge in [0, 0.05) is 33.8 Å². The van der Waals surface area contributed by atoms with E-state index in [1.807, 2.05) is 13.8 Å². The van der Waals surface area contributed by atoms with Gasteiger partial charge in [-0.05, 0) is 36.8 Å². The van der Waals surface area contributed by atoms with Crippen LogP contribution in [0.2, 0.25) is 10.0 Å². The van der Waals surface area contributed by atoms with Crippen LogP contribution < -0.4 is 10.9 Å². The fourth-order valence-corrected chi connectivity index (χ4v) is 3.62. The van der Waals surface area contributed by atoms with E-state index >= 15 is 0 Å². The average molecular weight is 511 g/mol. The molecule has 2 aromatic carbocycles. The molecule has 33 heavy (non-hydrogen) atoms. The number of aliphatic hydroxyl groups excluding tert-OH is 1. The summed E-state index contributed by atoms with van der Waals surface area (Å²) in [6.07, 6.45) is -0.859. The number of carbonyl (C=O) groups is 1. The van der Waals surface area contributed by atoms with E-state index in [4.69, 9.17) is 23.2 Å². The van der Waals surface area contributed by atoms with Gasteiger partial charge in [0.2, 0.25) is 0 Å². The maximum absolute atomic E-state index is 13.3. The summed E-state index contributed by atoms with van der Waals surface area (Å²) in [5.41, 5.74) is 1.65. The third kappa shape index (κ3) is 6.65. The van der Waals surface area contributed by atoms with Crippen LogP contribution in [0.15, 0.2) is 53.3 Å². The van der Waals surface area contributed by atoms with Crippen LogP contribution in [0.25, 0.3) is 22.4 Å². The van der Waals surface area contributed by atoms with Crippen molar-refractivity contribution < 1.29 is 9.90 Å². The molecule has 0 bridgehead atoms. The van der Waals surface area contributed by atoms with Gasteiger partial charge < -0.3 is 10.4 Å².